The van der Waals surface area contributed by atoms with Crippen molar-refractivity contribution in [1.29, 1.82) is 0 Å². The van der Waals surface area contributed by atoms with Gasteiger partial charge in [0.2, 0.25) is 5.88 Å². The Morgan fingerprint density at radius 1 is 1.04 bits per heavy atom. The highest BCUT2D eigenvalue weighted by Gasteiger charge is 2.28. The van der Waals surface area contributed by atoms with Gasteiger partial charge in [-0.2, -0.15) is 0 Å². The summed E-state index contributed by atoms with van der Waals surface area (Å²) in [6.45, 7) is 1.95. The van der Waals surface area contributed by atoms with Crippen LogP contribution in [0.1, 0.15) is 43.3 Å². The molecule has 26 heavy (non-hydrogen) atoms. The molecule has 1 fully saturated rings. The first-order valence-corrected chi connectivity index (χ1v) is 9.20. The van der Waals surface area contributed by atoms with Crippen molar-refractivity contribution >= 4 is 11.6 Å². The first-order chi connectivity index (χ1) is 12.7. The van der Waals surface area contributed by atoms with Gasteiger partial charge in [-0.15, -0.1) is 10.2 Å². The fraction of sp³-hybridized carbons (Fsp3) is 0.368. The molecule has 1 aliphatic rings. The molecule has 0 bridgehead atoms. The van der Waals surface area contributed by atoms with E-state index in [4.69, 9.17) is 16.3 Å². The maximum atomic E-state index is 5.99. The number of ether oxygens (including phenoxy) is 1. The van der Waals surface area contributed by atoms with Crippen LogP contribution in [0, 0.1) is 6.92 Å². The average Bonchev–Trinajstić information content (AvgIpc) is 3.05. The first kappa shape index (κ1) is 17.0. The minimum atomic E-state index is 0.201. The fourth-order valence-corrected chi connectivity index (χ4v) is 3.56. The van der Waals surface area contributed by atoms with Crippen molar-refractivity contribution in [2.24, 2.45) is 0 Å². The average molecular weight is 370 g/mol. The molecule has 0 aromatic carbocycles. The molecule has 0 N–H and O–H groups in total. The van der Waals surface area contributed by atoms with Crippen LogP contribution in [-0.2, 0) is 0 Å². The lowest BCUT2D eigenvalue weighted by atomic mass is 9.86. The van der Waals surface area contributed by atoms with Gasteiger partial charge in [0.25, 0.3) is 0 Å². The number of pyridine rings is 2. The molecule has 1 aliphatic carbocycles. The van der Waals surface area contributed by atoms with Gasteiger partial charge in [-0.25, -0.2) is 9.97 Å². The van der Waals surface area contributed by atoms with E-state index in [0.717, 1.165) is 43.1 Å². The van der Waals surface area contributed by atoms with Gasteiger partial charge in [0.15, 0.2) is 0 Å². The lowest BCUT2D eigenvalue weighted by molar-refractivity contribution is 0.139. The van der Waals surface area contributed by atoms with Gasteiger partial charge in [0.05, 0.1) is 5.02 Å². The summed E-state index contributed by atoms with van der Waals surface area (Å²) in [6.07, 6.45) is 7.56. The normalized spacial score (nSPS) is 20.1. The Bertz CT molecular complexity index is 857. The van der Waals surface area contributed by atoms with Crippen LogP contribution in [0.15, 0.2) is 42.7 Å². The number of rotatable bonds is 4. The molecule has 0 radical (unpaired) electrons. The summed E-state index contributed by atoms with van der Waals surface area (Å²) in [6, 6.07) is 9.48. The van der Waals surface area contributed by atoms with E-state index in [1.54, 1.807) is 12.4 Å². The molecule has 6 nitrogen and oxygen atoms in total. The molecule has 3 aromatic rings. The largest absolute Gasteiger partial charge is 0.474 e. The van der Waals surface area contributed by atoms with Crippen molar-refractivity contribution in [3.05, 3.63) is 59.4 Å². The highest BCUT2D eigenvalue weighted by atomic mass is 35.5. The van der Waals surface area contributed by atoms with Gasteiger partial charge < -0.3 is 4.74 Å². The van der Waals surface area contributed by atoms with Gasteiger partial charge in [-0.3, -0.25) is 4.57 Å². The number of hydrogen-bond acceptors (Lipinski definition) is 5. The van der Waals surface area contributed by atoms with Gasteiger partial charge >= 0.3 is 0 Å². The molecule has 7 heteroatoms. The van der Waals surface area contributed by atoms with E-state index in [2.05, 4.69) is 20.2 Å². The number of aromatic nitrogens is 5. The molecule has 1 saturated carbocycles. The van der Waals surface area contributed by atoms with Crippen molar-refractivity contribution in [3.8, 4) is 11.7 Å². The Balaban J connectivity index is 1.47. The summed E-state index contributed by atoms with van der Waals surface area (Å²) in [5, 5.41) is 9.33. The second kappa shape index (κ2) is 7.41. The zero-order valence-electron chi connectivity index (χ0n) is 14.5. The molecule has 0 atom stereocenters. The molecule has 3 aromatic heterocycles. The van der Waals surface area contributed by atoms with Crippen LogP contribution in [0.2, 0.25) is 5.02 Å². The van der Waals surface area contributed by atoms with E-state index in [9.17, 15) is 0 Å². The summed E-state index contributed by atoms with van der Waals surface area (Å²) < 4.78 is 8.02. The molecular formula is C19H20ClN5O. The maximum absolute atomic E-state index is 5.99. The molecule has 3 heterocycles. The zero-order valence-corrected chi connectivity index (χ0v) is 15.3. The Kier molecular flexibility index (Phi) is 4.84. The van der Waals surface area contributed by atoms with Gasteiger partial charge in [0.1, 0.15) is 23.6 Å². The Morgan fingerprint density at radius 2 is 1.88 bits per heavy atom. The van der Waals surface area contributed by atoms with E-state index in [1.807, 2.05) is 41.8 Å². The minimum Gasteiger partial charge on any atom is -0.474 e. The van der Waals surface area contributed by atoms with E-state index in [0.29, 0.717) is 16.8 Å². The van der Waals surface area contributed by atoms with Crippen LogP contribution in [-0.4, -0.2) is 30.8 Å². The summed E-state index contributed by atoms with van der Waals surface area (Å²) in [7, 11) is 0. The molecule has 0 aliphatic heterocycles. The predicted molar refractivity (Wildman–Crippen MR) is 98.8 cm³/mol. The molecule has 134 valence electrons. The van der Waals surface area contributed by atoms with E-state index < -0.39 is 0 Å². The fourth-order valence-electron chi connectivity index (χ4n) is 3.45. The number of aryl methyl sites for hydroxylation is 1. The van der Waals surface area contributed by atoms with Crippen LogP contribution in [0.3, 0.4) is 0 Å². The van der Waals surface area contributed by atoms with E-state index >= 15 is 0 Å². The zero-order chi connectivity index (χ0) is 17.9. The molecule has 0 spiro atoms. The first-order valence-electron chi connectivity index (χ1n) is 8.82. The third-order valence-corrected chi connectivity index (χ3v) is 4.98. The monoisotopic (exact) mass is 369 g/mol. The lowest BCUT2D eigenvalue weighted by Gasteiger charge is -2.28. The Hall–Kier alpha value is -2.47. The standard InChI is InChI=1S/C19H20ClN5O/c1-13-23-24-19(25(13)17-10-7-15(20)12-22-17)14-5-8-16(9-6-14)26-18-4-2-3-11-21-18/h2-4,7,10-12,14,16H,5-6,8-9H2,1H3. The summed E-state index contributed by atoms with van der Waals surface area (Å²) in [5.41, 5.74) is 0. The second-order valence-corrected chi connectivity index (χ2v) is 6.97. The molecule has 4 rings (SSSR count). The number of nitrogens with zero attached hydrogens (tertiary/aromatic N) is 5. The topological polar surface area (TPSA) is 65.7 Å². The van der Waals surface area contributed by atoms with E-state index in [1.165, 1.54) is 0 Å². The van der Waals surface area contributed by atoms with Crippen molar-refractivity contribution in [2.75, 3.05) is 0 Å². The van der Waals surface area contributed by atoms with Crippen molar-refractivity contribution < 1.29 is 4.74 Å². The lowest BCUT2D eigenvalue weighted by Crippen LogP contribution is -2.25. The van der Waals surface area contributed by atoms with Gasteiger partial charge in [-0.1, -0.05) is 17.7 Å². The SMILES string of the molecule is Cc1nnc(C2CCC(Oc3ccccn3)CC2)n1-c1ccc(Cl)cn1. The van der Waals surface area contributed by atoms with Crippen molar-refractivity contribution in [1.82, 2.24) is 24.7 Å². The van der Waals surface area contributed by atoms with Gasteiger partial charge in [0, 0.05) is 24.4 Å². The third kappa shape index (κ3) is 3.55. The van der Waals surface area contributed by atoms with Crippen molar-refractivity contribution in [2.45, 2.75) is 44.6 Å². The molecule has 0 saturated heterocycles. The van der Waals surface area contributed by atoms with Crippen molar-refractivity contribution in [3.63, 3.8) is 0 Å². The summed E-state index contributed by atoms with van der Waals surface area (Å²) >= 11 is 5.96. The van der Waals surface area contributed by atoms with Crippen LogP contribution < -0.4 is 4.74 Å². The smallest absolute Gasteiger partial charge is 0.213 e. The maximum Gasteiger partial charge on any atom is 0.213 e. The molecular weight excluding hydrogens is 350 g/mol. The quantitative estimate of drug-likeness (QED) is 0.692. The number of hydrogen-bond donors (Lipinski definition) is 0. The summed E-state index contributed by atoms with van der Waals surface area (Å²) in [4.78, 5) is 8.67. The Labute approximate surface area is 157 Å². The second-order valence-electron chi connectivity index (χ2n) is 6.53. The van der Waals surface area contributed by atoms with E-state index in [-0.39, 0.29) is 6.10 Å². The minimum absolute atomic E-state index is 0.201. The Morgan fingerprint density at radius 3 is 2.58 bits per heavy atom. The number of halogens is 1. The van der Waals surface area contributed by atoms with Gasteiger partial charge in [-0.05, 0) is 50.8 Å². The van der Waals surface area contributed by atoms with Crippen LogP contribution in [0.5, 0.6) is 5.88 Å². The predicted octanol–water partition coefficient (Wildman–Crippen LogP) is 4.12. The van der Waals surface area contributed by atoms with Crippen LogP contribution in [0.4, 0.5) is 0 Å². The molecule has 0 amide bonds. The molecule has 0 unspecified atom stereocenters. The highest BCUT2D eigenvalue weighted by molar-refractivity contribution is 6.30. The summed E-state index contributed by atoms with van der Waals surface area (Å²) in [5.74, 6) is 3.65. The van der Waals surface area contributed by atoms with Crippen LogP contribution >= 0.6 is 11.6 Å². The van der Waals surface area contributed by atoms with Crippen LogP contribution in [0.25, 0.3) is 5.82 Å². The third-order valence-electron chi connectivity index (χ3n) is 4.76. The highest BCUT2D eigenvalue weighted by Crippen LogP contribution is 2.34.